The highest BCUT2D eigenvalue weighted by Gasteiger charge is 2.22. The number of halogens is 2. The third kappa shape index (κ3) is 4.48. The van der Waals surface area contributed by atoms with Gasteiger partial charge in [0.1, 0.15) is 5.82 Å². The first-order valence-electron chi connectivity index (χ1n) is 8.33. The fourth-order valence-electron chi connectivity index (χ4n) is 2.84. The van der Waals surface area contributed by atoms with E-state index in [0.717, 1.165) is 37.4 Å². The molecule has 1 fully saturated rings. The minimum Gasteiger partial charge on any atom is -0.336 e. The molecule has 1 saturated heterocycles. The van der Waals surface area contributed by atoms with Gasteiger partial charge in [-0.3, -0.25) is 9.69 Å². The molecule has 0 atom stereocenters. The monoisotopic (exact) mass is 378 g/mol. The molecule has 1 aromatic carbocycles. The van der Waals surface area contributed by atoms with Gasteiger partial charge < -0.3 is 4.90 Å². The van der Waals surface area contributed by atoms with Crippen molar-refractivity contribution in [1.29, 1.82) is 0 Å². The Morgan fingerprint density at radius 1 is 1.08 bits per heavy atom. The molecule has 1 amide bonds. The number of nitrogens with zero attached hydrogens (tertiary/aromatic N) is 4. The minimum absolute atomic E-state index is 0.00293. The van der Waals surface area contributed by atoms with Crippen molar-refractivity contribution in [3.63, 3.8) is 0 Å². The predicted octanol–water partition coefficient (Wildman–Crippen LogP) is 3.30. The number of piperazine rings is 1. The first kappa shape index (κ1) is 18.1. The van der Waals surface area contributed by atoms with Gasteiger partial charge >= 0.3 is 0 Å². The highest BCUT2D eigenvalue weighted by atomic mass is 35.5. The van der Waals surface area contributed by atoms with E-state index in [9.17, 15) is 4.79 Å². The van der Waals surface area contributed by atoms with E-state index < -0.39 is 0 Å². The van der Waals surface area contributed by atoms with Crippen LogP contribution in [-0.4, -0.2) is 51.9 Å². The number of aryl methyl sites for hydroxylation is 1. The third-order valence-electron chi connectivity index (χ3n) is 4.32. The molecular weight excluding hydrogens is 359 g/mol. The van der Waals surface area contributed by atoms with Gasteiger partial charge in [0.05, 0.1) is 15.6 Å². The Kier molecular flexibility index (Phi) is 5.89. The van der Waals surface area contributed by atoms with Crippen LogP contribution in [-0.2, 0) is 13.0 Å². The molecule has 132 valence electrons. The van der Waals surface area contributed by atoms with Crippen molar-refractivity contribution in [2.45, 2.75) is 19.9 Å². The number of carbonyl (C=O) groups excluding carboxylic acids is 1. The fourth-order valence-corrected chi connectivity index (χ4v) is 3.16. The Hall–Kier alpha value is -1.69. The van der Waals surface area contributed by atoms with E-state index in [4.69, 9.17) is 23.2 Å². The lowest BCUT2D eigenvalue weighted by Gasteiger charge is -2.34. The molecule has 0 saturated carbocycles. The number of rotatable bonds is 4. The molecule has 7 heteroatoms. The summed E-state index contributed by atoms with van der Waals surface area (Å²) in [5.41, 5.74) is 1.67. The average Bonchev–Trinajstić information content (AvgIpc) is 2.65. The Morgan fingerprint density at radius 3 is 2.36 bits per heavy atom. The second kappa shape index (κ2) is 8.13. The molecule has 3 rings (SSSR count). The van der Waals surface area contributed by atoms with Crippen molar-refractivity contribution in [1.82, 2.24) is 19.8 Å². The van der Waals surface area contributed by atoms with Gasteiger partial charge in [0, 0.05) is 51.5 Å². The van der Waals surface area contributed by atoms with Crippen LogP contribution >= 0.6 is 23.2 Å². The smallest absolute Gasteiger partial charge is 0.257 e. The Labute approximate surface area is 157 Å². The maximum absolute atomic E-state index is 12.5. The molecule has 25 heavy (non-hydrogen) atoms. The van der Waals surface area contributed by atoms with Crippen molar-refractivity contribution in [2.24, 2.45) is 0 Å². The molecule has 1 aliphatic heterocycles. The van der Waals surface area contributed by atoms with E-state index in [2.05, 4.69) is 14.9 Å². The lowest BCUT2D eigenvalue weighted by molar-refractivity contribution is 0.0627. The van der Waals surface area contributed by atoms with Crippen molar-refractivity contribution in [3.05, 3.63) is 57.6 Å². The largest absolute Gasteiger partial charge is 0.336 e. The first-order chi connectivity index (χ1) is 12.1. The van der Waals surface area contributed by atoms with Crippen LogP contribution in [0.3, 0.4) is 0 Å². The van der Waals surface area contributed by atoms with Gasteiger partial charge in [-0.25, -0.2) is 9.97 Å². The third-order valence-corrected chi connectivity index (χ3v) is 5.06. The summed E-state index contributed by atoms with van der Waals surface area (Å²) in [7, 11) is 0. The predicted molar refractivity (Wildman–Crippen MR) is 99.1 cm³/mol. The van der Waals surface area contributed by atoms with E-state index >= 15 is 0 Å². The van der Waals surface area contributed by atoms with Crippen molar-refractivity contribution < 1.29 is 4.79 Å². The summed E-state index contributed by atoms with van der Waals surface area (Å²) in [6.45, 7) is 5.81. The van der Waals surface area contributed by atoms with Crippen LogP contribution in [0, 0.1) is 0 Å². The molecule has 2 aromatic rings. The first-order valence-corrected chi connectivity index (χ1v) is 9.09. The highest BCUT2D eigenvalue weighted by molar-refractivity contribution is 6.42. The van der Waals surface area contributed by atoms with Crippen molar-refractivity contribution in [3.8, 4) is 0 Å². The zero-order valence-electron chi connectivity index (χ0n) is 14.1. The van der Waals surface area contributed by atoms with Gasteiger partial charge in [-0.15, -0.1) is 0 Å². The standard InChI is InChI=1S/C18H20Cl2N4O/c1-2-17-21-10-14(11-22-17)18(25)24-7-5-23(6-8-24)12-13-3-4-15(19)16(20)9-13/h3-4,9-11H,2,5-8,12H2,1H3. The Morgan fingerprint density at radius 2 is 1.76 bits per heavy atom. The molecule has 0 bridgehead atoms. The number of amides is 1. The molecular formula is C18H20Cl2N4O. The van der Waals surface area contributed by atoms with Gasteiger partial charge in [-0.05, 0) is 17.7 Å². The summed E-state index contributed by atoms with van der Waals surface area (Å²) in [4.78, 5) is 25.1. The summed E-state index contributed by atoms with van der Waals surface area (Å²) in [6, 6.07) is 5.70. The summed E-state index contributed by atoms with van der Waals surface area (Å²) in [6.07, 6.45) is 4.01. The highest BCUT2D eigenvalue weighted by Crippen LogP contribution is 2.23. The second-order valence-electron chi connectivity index (χ2n) is 6.06. The van der Waals surface area contributed by atoms with Gasteiger partial charge in [-0.2, -0.15) is 0 Å². The lowest BCUT2D eigenvalue weighted by Crippen LogP contribution is -2.48. The number of hydrogen-bond donors (Lipinski definition) is 0. The molecule has 1 aromatic heterocycles. The molecule has 0 aliphatic carbocycles. The summed E-state index contributed by atoms with van der Waals surface area (Å²) >= 11 is 12.0. The second-order valence-corrected chi connectivity index (χ2v) is 6.87. The van der Waals surface area contributed by atoms with E-state index in [1.807, 2.05) is 30.0 Å². The van der Waals surface area contributed by atoms with E-state index in [1.54, 1.807) is 12.4 Å². The van der Waals surface area contributed by atoms with Crippen molar-refractivity contribution in [2.75, 3.05) is 26.2 Å². The maximum Gasteiger partial charge on any atom is 0.257 e. The molecule has 0 N–H and O–H groups in total. The van der Waals surface area contributed by atoms with Crippen LogP contribution < -0.4 is 0 Å². The Balaban J connectivity index is 1.55. The van der Waals surface area contributed by atoms with Crippen LogP contribution in [0.1, 0.15) is 28.7 Å². The topological polar surface area (TPSA) is 49.3 Å². The van der Waals surface area contributed by atoms with E-state index in [0.29, 0.717) is 28.7 Å². The number of hydrogen-bond acceptors (Lipinski definition) is 4. The molecule has 5 nitrogen and oxygen atoms in total. The quantitative estimate of drug-likeness (QED) is 0.818. The Bertz CT molecular complexity index is 743. The van der Waals surface area contributed by atoms with Gasteiger partial charge in [0.2, 0.25) is 0 Å². The van der Waals surface area contributed by atoms with Crippen LogP contribution in [0.5, 0.6) is 0 Å². The minimum atomic E-state index is -0.00293. The molecule has 0 unspecified atom stereocenters. The summed E-state index contributed by atoms with van der Waals surface area (Å²) in [5.74, 6) is 0.750. The number of carbonyl (C=O) groups is 1. The van der Waals surface area contributed by atoms with Crippen LogP contribution in [0.4, 0.5) is 0 Å². The number of aromatic nitrogens is 2. The van der Waals surface area contributed by atoms with Gasteiger partial charge in [-0.1, -0.05) is 36.2 Å². The van der Waals surface area contributed by atoms with Crippen LogP contribution in [0.2, 0.25) is 10.0 Å². The summed E-state index contributed by atoms with van der Waals surface area (Å²) in [5, 5.41) is 1.14. The molecule has 0 spiro atoms. The van der Waals surface area contributed by atoms with E-state index in [-0.39, 0.29) is 5.91 Å². The summed E-state index contributed by atoms with van der Waals surface area (Å²) < 4.78 is 0. The van der Waals surface area contributed by atoms with E-state index in [1.165, 1.54) is 0 Å². The molecule has 0 radical (unpaired) electrons. The average molecular weight is 379 g/mol. The zero-order valence-corrected chi connectivity index (χ0v) is 15.6. The molecule has 1 aliphatic rings. The number of benzene rings is 1. The SMILES string of the molecule is CCc1ncc(C(=O)N2CCN(Cc3ccc(Cl)c(Cl)c3)CC2)cn1. The fraction of sp³-hybridized carbons (Fsp3) is 0.389. The van der Waals surface area contributed by atoms with Crippen LogP contribution in [0.25, 0.3) is 0 Å². The lowest BCUT2D eigenvalue weighted by atomic mass is 10.2. The normalized spacial score (nSPS) is 15.4. The van der Waals surface area contributed by atoms with Gasteiger partial charge in [0.15, 0.2) is 0 Å². The van der Waals surface area contributed by atoms with Crippen molar-refractivity contribution >= 4 is 29.1 Å². The molecule has 2 heterocycles. The zero-order chi connectivity index (χ0) is 17.8. The van der Waals surface area contributed by atoms with Gasteiger partial charge in [0.25, 0.3) is 5.91 Å². The maximum atomic E-state index is 12.5. The van der Waals surface area contributed by atoms with Crippen LogP contribution in [0.15, 0.2) is 30.6 Å².